The SMILES string of the molecule is Cc1cccc(-c2ccc(-c3cc(C)nn3CC(=O)OCCN(C)C)[nH]2)c1. The van der Waals surface area contributed by atoms with Gasteiger partial charge < -0.3 is 14.6 Å². The van der Waals surface area contributed by atoms with E-state index in [1.807, 2.05) is 50.2 Å². The molecule has 1 N–H and O–H groups in total. The summed E-state index contributed by atoms with van der Waals surface area (Å²) >= 11 is 0. The smallest absolute Gasteiger partial charge is 0.327 e. The number of H-pyrrole nitrogens is 1. The third kappa shape index (κ3) is 4.86. The standard InChI is InChI=1S/C21H26N4O2/c1-15-6-5-7-17(12-15)18-8-9-19(22-18)20-13-16(2)23-25(20)14-21(26)27-11-10-24(3)4/h5-9,12-13,22H,10-11,14H2,1-4H3. The lowest BCUT2D eigenvalue weighted by Gasteiger charge is -2.10. The maximum absolute atomic E-state index is 12.1. The van der Waals surface area contributed by atoms with Crippen LogP contribution in [-0.4, -0.2) is 52.9 Å². The molecule has 6 nitrogen and oxygen atoms in total. The van der Waals surface area contributed by atoms with Crippen molar-refractivity contribution in [1.29, 1.82) is 0 Å². The third-order valence-electron chi connectivity index (χ3n) is 4.27. The summed E-state index contributed by atoms with van der Waals surface area (Å²) in [7, 11) is 3.89. The van der Waals surface area contributed by atoms with Crippen LogP contribution in [0.25, 0.3) is 22.6 Å². The number of likely N-dealkylation sites (N-methyl/N-ethyl adjacent to an activating group) is 1. The zero-order valence-corrected chi connectivity index (χ0v) is 16.3. The molecule has 142 valence electrons. The normalized spacial score (nSPS) is 11.1. The molecular weight excluding hydrogens is 340 g/mol. The van der Waals surface area contributed by atoms with Gasteiger partial charge in [-0.1, -0.05) is 23.8 Å². The quantitative estimate of drug-likeness (QED) is 0.652. The number of esters is 1. The summed E-state index contributed by atoms with van der Waals surface area (Å²) in [5.74, 6) is -0.285. The summed E-state index contributed by atoms with van der Waals surface area (Å²) in [4.78, 5) is 17.6. The first kappa shape index (κ1) is 18.9. The Hall–Kier alpha value is -2.86. The summed E-state index contributed by atoms with van der Waals surface area (Å²) in [6.07, 6.45) is 0. The van der Waals surface area contributed by atoms with Gasteiger partial charge in [0.1, 0.15) is 13.2 Å². The van der Waals surface area contributed by atoms with Crippen LogP contribution in [-0.2, 0) is 16.1 Å². The Balaban J connectivity index is 1.77. The lowest BCUT2D eigenvalue weighted by molar-refractivity contribution is -0.144. The minimum absolute atomic E-state index is 0.0927. The first-order chi connectivity index (χ1) is 12.9. The van der Waals surface area contributed by atoms with Crippen LogP contribution in [0.15, 0.2) is 42.5 Å². The van der Waals surface area contributed by atoms with Crippen LogP contribution < -0.4 is 0 Å². The van der Waals surface area contributed by atoms with Crippen LogP contribution in [0, 0.1) is 13.8 Å². The Bertz CT molecular complexity index is 924. The molecule has 0 aliphatic heterocycles. The zero-order chi connectivity index (χ0) is 19.4. The van der Waals surface area contributed by atoms with Crippen molar-refractivity contribution in [3.05, 3.63) is 53.7 Å². The van der Waals surface area contributed by atoms with E-state index in [2.05, 4.69) is 35.2 Å². The molecule has 6 heteroatoms. The second-order valence-corrected chi connectivity index (χ2v) is 7.01. The number of aromatic amines is 1. The highest BCUT2D eigenvalue weighted by Gasteiger charge is 2.14. The molecule has 3 aromatic rings. The van der Waals surface area contributed by atoms with Gasteiger partial charge in [0, 0.05) is 12.2 Å². The molecule has 1 aromatic carbocycles. The zero-order valence-electron chi connectivity index (χ0n) is 16.3. The maximum atomic E-state index is 12.1. The van der Waals surface area contributed by atoms with Crippen LogP contribution in [0.4, 0.5) is 0 Å². The van der Waals surface area contributed by atoms with Crippen molar-refractivity contribution in [3.63, 3.8) is 0 Å². The van der Waals surface area contributed by atoms with E-state index >= 15 is 0 Å². The summed E-state index contributed by atoms with van der Waals surface area (Å²) in [6, 6.07) is 14.4. The molecule has 0 radical (unpaired) electrons. The Morgan fingerprint density at radius 2 is 1.93 bits per heavy atom. The Morgan fingerprint density at radius 3 is 2.67 bits per heavy atom. The maximum Gasteiger partial charge on any atom is 0.327 e. The molecule has 0 bridgehead atoms. The summed E-state index contributed by atoms with van der Waals surface area (Å²) in [5.41, 5.74) is 6.03. The number of carbonyl (C=O) groups is 1. The summed E-state index contributed by atoms with van der Waals surface area (Å²) in [6.45, 7) is 5.17. The van der Waals surface area contributed by atoms with Gasteiger partial charge in [0.25, 0.3) is 0 Å². The van der Waals surface area contributed by atoms with E-state index in [0.29, 0.717) is 13.2 Å². The van der Waals surface area contributed by atoms with Crippen LogP contribution in [0.2, 0.25) is 0 Å². The van der Waals surface area contributed by atoms with Gasteiger partial charge in [-0.25, -0.2) is 0 Å². The number of ether oxygens (including phenoxy) is 1. The van der Waals surface area contributed by atoms with Gasteiger partial charge in [-0.3, -0.25) is 9.48 Å². The van der Waals surface area contributed by atoms with E-state index < -0.39 is 0 Å². The Labute approximate surface area is 159 Å². The van der Waals surface area contributed by atoms with Gasteiger partial charge in [-0.2, -0.15) is 5.10 Å². The van der Waals surface area contributed by atoms with Crippen molar-refractivity contribution < 1.29 is 9.53 Å². The second-order valence-electron chi connectivity index (χ2n) is 7.01. The van der Waals surface area contributed by atoms with Gasteiger partial charge in [-0.05, 0) is 57.8 Å². The minimum atomic E-state index is -0.285. The van der Waals surface area contributed by atoms with Crippen LogP contribution in [0.1, 0.15) is 11.3 Å². The molecule has 0 saturated heterocycles. The fourth-order valence-electron chi connectivity index (χ4n) is 2.92. The molecule has 0 atom stereocenters. The average molecular weight is 366 g/mol. The van der Waals surface area contributed by atoms with Crippen molar-refractivity contribution in [2.75, 3.05) is 27.2 Å². The molecule has 0 spiro atoms. The number of nitrogens with zero attached hydrogens (tertiary/aromatic N) is 3. The van der Waals surface area contributed by atoms with Crippen LogP contribution in [0.3, 0.4) is 0 Å². The Kier molecular flexibility index (Phi) is 5.76. The lowest BCUT2D eigenvalue weighted by Crippen LogP contribution is -2.22. The lowest BCUT2D eigenvalue weighted by atomic mass is 10.1. The van der Waals surface area contributed by atoms with E-state index in [9.17, 15) is 4.79 Å². The fourth-order valence-corrected chi connectivity index (χ4v) is 2.92. The number of benzene rings is 1. The second kappa shape index (κ2) is 8.22. The van der Waals surface area contributed by atoms with Crippen molar-refractivity contribution in [1.82, 2.24) is 19.7 Å². The predicted octanol–water partition coefficient (Wildman–Crippen LogP) is 3.27. The Morgan fingerprint density at radius 1 is 1.15 bits per heavy atom. The molecular formula is C21H26N4O2. The van der Waals surface area contributed by atoms with Crippen molar-refractivity contribution >= 4 is 5.97 Å². The summed E-state index contributed by atoms with van der Waals surface area (Å²) in [5, 5.41) is 4.45. The summed E-state index contributed by atoms with van der Waals surface area (Å²) < 4.78 is 6.99. The first-order valence-electron chi connectivity index (χ1n) is 9.03. The number of nitrogens with one attached hydrogen (secondary N) is 1. The van der Waals surface area contributed by atoms with E-state index in [0.717, 1.165) is 28.3 Å². The van der Waals surface area contributed by atoms with Crippen molar-refractivity contribution in [3.8, 4) is 22.6 Å². The molecule has 27 heavy (non-hydrogen) atoms. The number of aryl methyl sites for hydroxylation is 2. The first-order valence-corrected chi connectivity index (χ1v) is 9.03. The minimum Gasteiger partial charge on any atom is -0.463 e. The van der Waals surface area contributed by atoms with Crippen LogP contribution in [0.5, 0.6) is 0 Å². The van der Waals surface area contributed by atoms with Gasteiger partial charge >= 0.3 is 5.97 Å². The highest BCUT2D eigenvalue weighted by Crippen LogP contribution is 2.25. The van der Waals surface area contributed by atoms with E-state index in [1.165, 1.54) is 5.56 Å². The molecule has 0 fully saturated rings. The highest BCUT2D eigenvalue weighted by atomic mass is 16.5. The van der Waals surface area contributed by atoms with Crippen molar-refractivity contribution in [2.45, 2.75) is 20.4 Å². The van der Waals surface area contributed by atoms with Gasteiger partial charge in [0.15, 0.2) is 0 Å². The molecule has 2 aromatic heterocycles. The molecule has 0 saturated carbocycles. The predicted molar refractivity (Wildman–Crippen MR) is 106 cm³/mol. The number of aromatic nitrogens is 3. The van der Waals surface area contributed by atoms with E-state index in [1.54, 1.807) is 4.68 Å². The number of carbonyl (C=O) groups excluding carboxylic acids is 1. The van der Waals surface area contributed by atoms with Crippen LogP contribution >= 0.6 is 0 Å². The number of hydrogen-bond donors (Lipinski definition) is 1. The molecule has 0 unspecified atom stereocenters. The molecule has 3 rings (SSSR count). The van der Waals surface area contributed by atoms with Gasteiger partial charge in [0.2, 0.25) is 0 Å². The molecule has 0 aliphatic carbocycles. The molecule has 0 amide bonds. The topological polar surface area (TPSA) is 63.2 Å². The third-order valence-corrected chi connectivity index (χ3v) is 4.27. The highest BCUT2D eigenvalue weighted by molar-refractivity contribution is 5.71. The number of hydrogen-bond acceptors (Lipinski definition) is 4. The largest absolute Gasteiger partial charge is 0.463 e. The molecule has 2 heterocycles. The molecule has 0 aliphatic rings. The average Bonchev–Trinajstić information content (AvgIpc) is 3.21. The van der Waals surface area contributed by atoms with Gasteiger partial charge in [-0.15, -0.1) is 0 Å². The monoisotopic (exact) mass is 366 g/mol. The van der Waals surface area contributed by atoms with E-state index in [-0.39, 0.29) is 12.5 Å². The van der Waals surface area contributed by atoms with E-state index in [4.69, 9.17) is 4.74 Å². The number of rotatable bonds is 7. The fraction of sp³-hybridized carbons (Fsp3) is 0.333. The van der Waals surface area contributed by atoms with Crippen molar-refractivity contribution in [2.24, 2.45) is 0 Å². The van der Waals surface area contributed by atoms with Gasteiger partial charge in [0.05, 0.1) is 17.1 Å².